The Morgan fingerprint density at radius 3 is 2.30 bits per heavy atom. The Morgan fingerprint density at radius 1 is 0.909 bits per heavy atom. The van der Waals surface area contributed by atoms with Gasteiger partial charge in [0.2, 0.25) is 0 Å². The van der Waals surface area contributed by atoms with Gasteiger partial charge in [-0.1, -0.05) is 12.1 Å². The number of rotatable bonds is 4. The molecule has 3 saturated heterocycles. The molecule has 33 heavy (non-hydrogen) atoms. The van der Waals surface area contributed by atoms with Crippen molar-refractivity contribution in [2.24, 2.45) is 0 Å². The molecule has 5 rings (SSSR count). The number of nitrogens with one attached hydrogen (secondary N) is 1. The first-order chi connectivity index (χ1) is 15.1. The fourth-order valence-electron chi connectivity index (χ4n) is 5.05. The minimum atomic E-state index is -0.679. The molecule has 3 fully saturated rings. The van der Waals surface area contributed by atoms with E-state index in [0.717, 1.165) is 37.6 Å². The van der Waals surface area contributed by atoms with E-state index in [-0.39, 0.29) is 43.0 Å². The molecule has 0 saturated carbocycles. The van der Waals surface area contributed by atoms with Gasteiger partial charge in [0.1, 0.15) is 12.7 Å². The number of carbonyl (C=O) groups excluding carboxylic acids is 3. The number of para-hydroxylation sites is 2. The molecule has 4 heterocycles. The van der Waals surface area contributed by atoms with E-state index in [2.05, 4.69) is 10.2 Å². The van der Waals surface area contributed by atoms with E-state index in [0.29, 0.717) is 39.0 Å². The summed E-state index contributed by atoms with van der Waals surface area (Å²) < 4.78 is 11.9. The summed E-state index contributed by atoms with van der Waals surface area (Å²) in [4.78, 5) is 43.1. The number of benzene rings is 1. The number of ether oxygens (including phenoxy) is 2. The minimum Gasteiger partial charge on any atom is -0.486 e. The standard InChI is InChI=1S/C22H28N4O5.2ClH/c27-20-21(28)26(22(29)25(20)15-7-9-23-10-8-15)16-4-3-11-24(12-16)13-17-14-30-18-5-1-2-6-19(18)31-17;;/h1-2,5-6,15-17,23H,3-4,7-14H2;2*1H. The zero-order chi connectivity index (χ0) is 21.4. The lowest BCUT2D eigenvalue weighted by Gasteiger charge is -2.38. The molecule has 0 aromatic heterocycles. The summed E-state index contributed by atoms with van der Waals surface area (Å²) in [7, 11) is 0. The van der Waals surface area contributed by atoms with Crippen molar-refractivity contribution in [3.63, 3.8) is 0 Å². The second kappa shape index (κ2) is 10.9. The number of halogens is 2. The van der Waals surface area contributed by atoms with Crippen LogP contribution >= 0.6 is 24.8 Å². The molecule has 9 nitrogen and oxygen atoms in total. The minimum absolute atomic E-state index is 0. The van der Waals surface area contributed by atoms with Crippen LogP contribution in [-0.4, -0.2) is 90.1 Å². The fraction of sp³-hybridized carbons (Fsp3) is 0.591. The highest BCUT2D eigenvalue weighted by Crippen LogP contribution is 2.32. The molecule has 0 spiro atoms. The van der Waals surface area contributed by atoms with Crippen LogP contribution in [0.3, 0.4) is 0 Å². The summed E-state index contributed by atoms with van der Waals surface area (Å²) in [5, 5.41) is 3.23. The topological polar surface area (TPSA) is 91.4 Å². The van der Waals surface area contributed by atoms with Gasteiger partial charge in [-0.15, -0.1) is 24.8 Å². The van der Waals surface area contributed by atoms with Crippen LogP contribution in [0.15, 0.2) is 24.3 Å². The maximum absolute atomic E-state index is 13.1. The highest BCUT2D eigenvalue weighted by molar-refractivity contribution is 6.44. The molecule has 4 amide bonds. The fourth-order valence-corrected chi connectivity index (χ4v) is 5.05. The zero-order valence-corrected chi connectivity index (χ0v) is 19.9. The first-order valence-corrected chi connectivity index (χ1v) is 11.1. The number of likely N-dealkylation sites (tertiary alicyclic amines) is 1. The predicted octanol–water partition coefficient (Wildman–Crippen LogP) is 1.68. The number of fused-ring (bicyclic) bond motifs is 1. The maximum Gasteiger partial charge on any atom is 0.334 e. The largest absolute Gasteiger partial charge is 0.486 e. The summed E-state index contributed by atoms with van der Waals surface area (Å²) in [5.74, 6) is 0.136. The van der Waals surface area contributed by atoms with Crippen LogP contribution in [0.25, 0.3) is 0 Å². The van der Waals surface area contributed by atoms with E-state index < -0.39 is 17.8 Å². The van der Waals surface area contributed by atoms with E-state index in [1.807, 2.05) is 24.3 Å². The van der Waals surface area contributed by atoms with Gasteiger partial charge in [0.25, 0.3) is 0 Å². The lowest BCUT2D eigenvalue weighted by molar-refractivity contribution is -0.145. The van der Waals surface area contributed by atoms with Crippen molar-refractivity contribution >= 4 is 42.7 Å². The molecule has 2 atom stereocenters. The molecule has 182 valence electrons. The van der Waals surface area contributed by atoms with Gasteiger partial charge in [-0.25, -0.2) is 4.79 Å². The van der Waals surface area contributed by atoms with Crippen LogP contribution in [0.4, 0.5) is 4.79 Å². The van der Waals surface area contributed by atoms with Crippen molar-refractivity contribution in [2.45, 2.75) is 43.9 Å². The van der Waals surface area contributed by atoms with E-state index in [4.69, 9.17) is 9.47 Å². The number of nitrogens with zero attached hydrogens (tertiary/aromatic N) is 3. The van der Waals surface area contributed by atoms with E-state index >= 15 is 0 Å². The Labute approximate surface area is 205 Å². The van der Waals surface area contributed by atoms with Gasteiger partial charge in [0.05, 0.1) is 6.04 Å². The average molecular weight is 501 g/mol. The second-order valence-electron chi connectivity index (χ2n) is 8.67. The zero-order valence-electron chi connectivity index (χ0n) is 18.3. The molecule has 1 aromatic rings. The van der Waals surface area contributed by atoms with Crippen molar-refractivity contribution in [1.82, 2.24) is 20.0 Å². The number of imide groups is 2. The molecule has 0 radical (unpaired) electrons. The van der Waals surface area contributed by atoms with Crippen LogP contribution in [0, 0.1) is 0 Å². The number of carbonyl (C=O) groups is 3. The van der Waals surface area contributed by atoms with Crippen molar-refractivity contribution in [1.29, 1.82) is 0 Å². The van der Waals surface area contributed by atoms with E-state index in [1.54, 1.807) is 0 Å². The number of hydrogen-bond acceptors (Lipinski definition) is 7. The normalized spacial score (nSPS) is 26.1. The van der Waals surface area contributed by atoms with Gasteiger partial charge in [0.15, 0.2) is 11.5 Å². The lowest BCUT2D eigenvalue weighted by Crippen LogP contribution is -2.53. The number of piperidine rings is 2. The highest BCUT2D eigenvalue weighted by atomic mass is 35.5. The summed E-state index contributed by atoms with van der Waals surface area (Å²) in [6.45, 7) is 4.01. The number of hydrogen-bond donors (Lipinski definition) is 1. The second-order valence-corrected chi connectivity index (χ2v) is 8.67. The van der Waals surface area contributed by atoms with Gasteiger partial charge in [-0.3, -0.25) is 24.3 Å². The smallest absolute Gasteiger partial charge is 0.334 e. The Kier molecular flexibility index (Phi) is 8.44. The van der Waals surface area contributed by atoms with Crippen molar-refractivity contribution in [3.8, 4) is 11.5 Å². The van der Waals surface area contributed by atoms with Crippen LogP contribution in [0.5, 0.6) is 11.5 Å². The average Bonchev–Trinajstić information content (AvgIpc) is 3.02. The third kappa shape index (κ3) is 5.06. The predicted molar refractivity (Wildman–Crippen MR) is 125 cm³/mol. The van der Waals surface area contributed by atoms with Crippen LogP contribution in [-0.2, 0) is 9.59 Å². The third-order valence-corrected chi connectivity index (χ3v) is 6.58. The first kappa shape index (κ1) is 25.6. The summed E-state index contributed by atoms with van der Waals surface area (Å²) in [6.07, 6.45) is 2.83. The first-order valence-electron chi connectivity index (χ1n) is 11.1. The highest BCUT2D eigenvalue weighted by Gasteiger charge is 2.50. The molecule has 11 heteroatoms. The maximum atomic E-state index is 13.1. The Morgan fingerprint density at radius 2 is 1.58 bits per heavy atom. The van der Waals surface area contributed by atoms with Crippen LogP contribution < -0.4 is 14.8 Å². The quantitative estimate of drug-likeness (QED) is 0.496. The molecule has 1 aromatic carbocycles. The lowest BCUT2D eigenvalue weighted by atomic mass is 10.0. The molecule has 4 aliphatic heterocycles. The van der Waals surface area contributed by atoms with Crippen molar-refractivity contribution in [3.05, 3.63) is 24.3 Å². The Balaban J connectivity index is 0.00000153. The van der Waals surface area contributed by atoms with Gasteiger partial charge in [-0.2, -0.15) is 0 Å². The molecular weight excluding hydrogens is 471 g/mol. The van der Waals surface area contributed by atoms with Gasteiger partial charge in [-0.05, 0) is 57.5 Å². The van der Waals surface area contributed by atoms with Crippen LogP contribution in [0.2, 0.25) is 0 Å². The monoisotopic (exact) mass is 500 g/mol. The molecule has 2 unspecified atom stereocenters. The number of amides is 4. The Bertz CT molecular complexity index is 882. The third-order valence-electron chi connectivity index (χ3n) is 6.58. The van der Waals surface area contributed by atoms with Gasteiger partial charge >= 0.3 is 17.8 Å². The summed E-state index contributed by atoms with van der Waals surface area (Å²) >= 11 is 0. The summed E-state index contributed by atoms with van der Waals surface area (Å²) in [5.41, 5.74) is 0. The molecule has 1 N–H and O–H groups in total. The molecular formula is C22H30Cl2N4O5. The van der Waals surface area contributed by atoms with Crippen molar-refractivity contribution in [2.75, 3.05) is 39.3 Å². The van der Waals surface area contributed by atoms with Crippen LogP contribution in [0.1, 0.15) is 25.7 Å². The summed E-state index contributed by atoms with van der Waals surface area (Å²) in [6, 6.07) is 6.68. The van der Waals surface area contributed by atoms with Gasteiger partial charge < -0.3 is 14.8 Å². The van der Waals surface area contributed by atoms with E-state index in [9.17, 15) is 14.4 Å². The Hall–Kier alpha value is -2.07. The van der Waals surface area contributed by atoms with Gasteiger partial charge in [0, 0.05) is 19.1 Å². The molecule has 0 bridgehead atoms. The van der Waals surface area contributed by atoms with E-state index in [1.165, 1.54) is 9.80 Å². The molecule has 0 aliphatic carbocycles. The van der Waals surface area contributed by atoms with Crippen molar-refractivity contribution < 1.29 is 23.9 Å². The SMILES string of the molecule is Cl.Cl.O=C1C(=O)N(C2CCCN(CC3COc4ccccc4O3)C2)C(=O)N1C1CCNCC1. The number of urea groups is 1. The molecule has 4 aliphatic rings.